The largest absolute Gasteiger partial charge is 0.341 e. The van der Waals surface area contributed by atoms with Gasteiger partial charge >= 0.3 is 0 Å². The smallest absolute Gasteiger partial charge is 0.242 e. The molecule has 0 radical (unpaired) electrons. The average Bonchev–Trinajstić information content (AvgIpc) is 3.28. The van der Waals surface area contributed by atoms with Crippen molar-refractivity contribution < 1.29 is 9.59 Å². The lowest BCUT2D eigenvalue weighted by Crippen LogP contribution is -2.43. The maximum atomic E-state index is 12.8. The molecule has 0 saturated carbocycles. The van der Waals surface area contributed by atoms with Crippen molar-refractivity contribution in [3.8, 4) is 0 Å². The summed E-state index contributed by atoms with van der Waals surface area (Å²) in [7, 11) is 0. The number of benzene rings is 1. The molecule has 0 unspecified atom stereocenters. The van der Waals surface area contributed by atoms with Crippen LogP contribution in [0.2, 0.25) is 0 Å². The Morgan fingerprint density at radius 3 is 2.39 bits per heavy atom. The van der Waals surface area contributed by atoms with Gasteiger partial charge in [-0.15, -0.1) is 0 Å². The zero-order valence-electron chi connectivity index (χ0n) is 17.2. The van der Waals surface area contributed by atoms with Gasteiger partial charge in [0.15, 0.2) is 5.16 Å². The second-order valence-electron chi connectivity index (χ2n) is 7.83. The van der Waals surface area contributed by atoms with Crippen molar-refractivity contribution in [1.29, 1.82) is 0 Å². The van der Waals surface area contributed by atoms with Gasteiger partial charge in [0, 0.05) is 25.2 Å². The van der Waals surface area contributed by atoms with Gasteiger partial charge in [0.1, 0.15) is 6.54 Å². The first-order chi connectivity index (χ1) is 13.4. The third-order valence-electron chi connectivity index (χ3n) is 5.10. The van der Waals surface area contributed by atoms with Crippen molar-refractivity contribution >= 4 is 34.6 Å². The molecule has 0 atom stereocenters. The summed E-state index contributed by atoms with van der Waals surface area (Å²) in [6.45, 7) is 10.1. The molecule has 28 heavy (non-hydrogen) atoms. The predicted octanol–water partition coefficient (Wildman–Crippen LogP) is 3.40. The van der Waals surface area contributed by atoms with E-state index in [1.165, 1.54) is 11.8 Å². The third-order valence-corrected chi connectivity index (χ3v) is 6.06. The first-order valence-corrected chi connectivity index (χ1v) is 11.0. The molecule has 0 bridgehead atoms. The molecule has 2 aromatic rings. The first-order valence-electron chi connectivity index (χ1n) is 10.1. The molecular formula is C21H30N4O2S. The van der Waals surface area contributed by atoms with Crippen LogP contribution in [0.15, 0.2) is 29.4 Å². The summed E-state index contributed by atoms with van der Waals surface area (Å²) in [6, 6.07) is 8.15. The maximum Gasteiger partial charge on any atom is 0.242 e. The highest BCUT2D eigenvalue weighted by atomic mass is 32.2. The van der Waals surface area contributed by atoms with Crippen LogP contribution < -0.4 is 0 Å². The molecule has 1 aliphatic rings. The molecule has 1 aromatic heterocycles. The maximum absolute atomic E-state index is 12.8. The summed E-state index contributed by atoms with van der Waals surface area (Å²) in [5, 5.41) is 0.731. The average molecular weight is 403 g/mol. The van der Waals surface area contributed by atoms with Crippen LogP contribution in [0.3, 0.4) is 0 Å². The van der Waals surface area contributed by atoms with Crippen LogP contribution in [-0.2, 0) is 16.1 Å². The number of fused-ring (bicyclic) bond motifs is 1. The minimum atomic E-state index is 0.0967. The number of thioether (sulfide) groups is 1. The summed E-state index contributed by atoms with van der Waals surface area (Å²) in [6.07, 6.45) is 2.15. The van der Waals surface area contributed by atoms with Crippen molar-refractivity contribution in [2.24, 2.45) is 0 Å². The number of imidazole rings is 1. The standard InChI is InChI=1S/C21H30N4O2S/c1-15(2)25(16(3)4)20(27)14-28-21-22-17-9-5-6-10-18(17)24(21)13-19(26)23-11-7-8-12-23/h5-6,9-10,15-16H,7-8,11-14H2,1-4H3. The van der Waals surface area contributed by atoms with Crippen LogP contribution in [0.1, 0.15) is 40.5 Å². The molecule has 152 valence electrons. The second-order valence-corrected chi connectivity index (χ2v) is 8.78. The molecule has 7 heteroatoms. The molecule has 1 aliphatic heterocycles. The van der Waals surface area contributed by atoms with E-state index in [1.54, 1.807) is 0 Å². The lowest BCUT2D eigenvalue weighted by Gasteiger charge is -2.30. The zero-order valence-corrected chi connectivity index (χ0v) is 18.0. The van der Waals surface area contributed by atoms with Crippen molar-refractivity contribution in [3.05, 3.63) is 24.3 Å². The van der Waals surface area contributed by atoms with Crippen LogP contribution in [0.5, 0.6) is 0 Å². The van der Waals surface area contributed by atoms with Gasteiger partial charge in [0.2, 0.25) is 11.8 Å². The van der Waals surface area contributed by atoms with E-state index in [1.807, 2.05) is 66.3 Å². The molecule has 2 amide bonds. The zero-order chi connectivity index (χ0) is 20.3. The monoisotopic (exact) mass is 402 g/mol. The molecule has 1 fully saturated rings. The lowest BCUT2D eigenvalue weighted by molar-refractivity contribution is -0.132. The van der Waals surface area contributed by atoms with Gasteiger partial charge < -0.3 is 14.4 Å². The Bertz CT molecular complexity index is 832. The number of amides is 2. The highest BCUT2D eigenvalue weighted by Crippen LogP contribution is 2.25. The molecule has 1 saturated heterocycles. The molecule has 6 nitrogen and oxygen atoms in total. The summed E-state index contributed by atoms with van der Waals surface area (Å²) in [4.78, 5) is 34.0. The van der Waals surface area contributed by atoms with Crippen LogP contribution in [0.4, 0.5) is 0 Å². The van der Waals surface area contributed by atoms with Crippen LogP contribution in [0, 0.1) is 0 Å². The summed E-state index contributed by atoms with van der Waals surface area (Å²) >= 11 is 1.42. The van der Waals surface area contributed by atoms with E-state index >= 15 is 0 Å². The van der Waals surface area contributed by atoms with Crippen molar-refractivity contribution in [3.63, 3.8) is 0 Å². The molecule has 1 aromatic carbocycles. The van der Waals surface area contributed by atoms with Crippen molar-refractivity contribution in [2.45, 2.75) is 64.3 Å². The Labute approximate surface area is 171 Å². The fraction of sp³-hybridized carbons (Fsp3) is 0.571. The van der Waals surface area contributed by atoms with E-state index in [9.17, 15) is 9.59 Å². The highest BCUT2D eigenvalue weighted by Gasteiger charge is 2.23. The van der Waals surface area contributed by atoms with Crippen LogP contribution >= 0.6 is 11.8 Å². The number of aromatic nitrogens is 2. The minimum absolute atomic E-state index is 0.0967. The van der Waals surface area contributed by atoms with E-state index in [2.05, 4.69) is 0 Å². The van der Waals surface area contributed by atoms with Gasteiger partial charge in [-0.2, -0.15) is 0 Å². The summed E-state index contributed by atoms with van der Waals surface area (Å²) < 4.78 is 1.96. The van der Waals surface area contributed by atoms with Crippen LogP contribution in [-0.4, -0.2) is 62.1 Å². The van der Waals surface area contributed by atoms with Crippen molar-refractivity contribution in [1.82, 2.24) is 19.4 Å². The molecule has 0 N–H and O–H groups in total. The number of carbonyl (C=O) groups is 2. The fourth-order valence-electron chi connectivity index (χ4n) is 3.89. The van der Waals surface area contributed by atoms with Gasteiger partial charge in [-0.1, -0.05) is 23.9 Å². The second kappa shape index (κ2) is 8.99. The number of hydrogen-bond acceptors (Lipinski definition) is 4. The van der Waals surface area contributed by atoms with E-state index in [-0.39, 0.29) is 30.4 Å². The number of nitrogens with zero attached hydrogens (tertiary/aromatic N) is 4. The van der Waals surface area contributed by atoms with Crippen LogP contribution in [0.25, 0.3) is 11.0 Å². The summed E-state index contributed by atoms with van der Waals surface area (Å²) in [5.74, 6) is 0.539. The lowest BCUT2D eigenvalue weighted by atomic mass is 10.2. The Morgan fingerprint density at radius 1 is 1.11 bits per heavy atom. The molecule has 3 rings (SSSR count). The van der Waals surface area contributed by atoms with Gasteiger partial charge in [0.25, 0.3) is 0 Å². The molecule has 2 heterocycles. The van der Waals surface area contributed by atoms with E-state index in [0.29, 0.717) is 5.75 Å². The van der Waals surface area contributed by atoms with Gasteiger partial charge in [-0.3, -0.25) is 9.59 Å². The minimum Gasteiger partial charge on any atom is -0.341 e. The number of carbonyl (C=O) groups excluding carboxylic acids is 2. The predicted molar refractivity (Wildman–Crippen MR) is 113 cm³/mol. The third kappa shape index (κ3) is 4.51. The number of hydrogen-bond donors (Lipinski definition) is 0. The number of rotatable bonds is 7. The van der Waals surface area contributed by atoms with Gasteiger partial charge in [0.05, 0.1) is 16.8 Å². The normalized spacial score (nSPS) is 14.4. The Morgan fingerprint density at radius 2 is 1.75 bits per heavy atom. The Hall–Kier alpha value is -2.02. The van der Waals surface area contributed by atoms with E-state index < -0.39 is 0 Å². The Kier molecular flexibility index (Phi) is 6.65. The van der Waals surface area contributed by atoms with Crippen molar-refractivity contribution in [2.75, 3.05) is 18.8 Å². The SMILES string of the molecule is CC(C)N(C(=O)CSc1nc2ccccc2n1CC(=O)N1CCCC1)C(C)C. The van der Waals surface area contributed by atoms with Gasteiger partial charge in [-0.05, 0) is 52.7 Å². The van der Waals surface area contributed by atoms with E-state index in [4.69, 9.17) is 4.98 Å². The molecule has 0 spiro atoms. The summed E-state index contributed by atoms with van der Waals surface area (Å²) in [5.41, 5.74) is 1.80. The fourth-order valence-corrected chi connectivity index (χ4v) is 4.77. The van der Waals surface area contributed by atoms with E-state index in [0.717, 1.165) is 42.1 Å². The number of likely N-dealkylation sites (tertiary alicyclic amines) is 1. The number of para-hydroxylation sites is 2. The Balaban J connectivity index is 1.80. The molecule has 0 aliphatic carbocycles. The van der Waals surface area contributed by atoms with Gasteiger partial charge in [-0.25, -0.2) is 4.98 Å². The topological polar surface area (TPSA) is 58.4 Å². The first kappa shape index (κ1) is 20.7. The quantitative estimate of drug-likeness (QED) is 0.666. The molecular weight excluding hydrogens is 372 g/mol. The highest BCUT2D eigenvalue weighted by molar-refractivity contribution is 7.99.